The highest BCUT2D eigenvalue weighted by Gasteiger charge is 2.35. The molecule has 1 saturated carbocycles. The molecule has 10 heteroatoms. The first-order chi connectivity index (χ1) is 17.0. The first kappa shape index (κ1) is 22.2. The summed E-state index contributed by atoms with van der Waals surface area (Å²) in [6.07, 6.45) is 6.49. The average molecular weight is 479 g/mol. The Labute approximate surface area is 203 Å². The lowest BCUT2D eigenvalue weighted by Gasteiger charge is -2.33. The molecular weight excluding hydrogens is 448 g/mol. The number of carboxylic acid groups (broad SMARTS) is 1. The maximum absolute atomic E-state index is 11.3. The first-order valence-corrected chi connectivity index (χ1v) is 12.4. The first-order valence-electron chi connectivity index (χ1n) is 12.4. The number of carbonyl (C=O) groups is 1. The van der Waals surface area contributed by atoms with Gasteiger partial charge in [-0.15, -0.1) is 0 Å². The maximum Gasteiger partial charge on any atom is 0.411 e. The summed E-state index contributed by atoms with van der Waals surface area (Å²) in [5.74, 6) is 1.47. The summed E-state index contributed by atoms with van der Waals surface area (Å²) in [6.45, 7) is 1.59. The highest BCUT2D eigenvalue weighted by atomic mass is 16.5. The van der Waals surface area contributed by atoms with Crippen LogP contribution in [0.4, 0.5) is 16.3 Å². The van der Waals surface area contributed by atoms with Crippen molar-refractivity contribution in [2.45, 2.75) is 62.9 Å². The van der Waals surface area contributed by atoms with Crippen LogP contribution in [0.2, 0.25) is 0 Å². The Morgan fingerprint density at radius 1 is 1.03 bits per heavy atom. The van der Waals surface area contributed by atoms with E-state index in [1.165, 1.54) is 11.9 Å². The Morgan fingerprint density at radius 3 is 2.37 bits per heavy atom. The van der Waals surface area contributed by atoms with Gasteiger partial charge in [0, 0.05) is 31.4 Å². The maximum atomic E-state index is 11.3. The van der Waals surface area contributed by atoms with E-state index >= 15 is 0 Å². The number of amides is 1. The van der Waals surface area contributed by atoms with Gasteiger partial charge in [0.1, 0.15) is 5.82 Å². The molecule has 0 spiro atoms. The molecule has 10 nitrogen and oxygen atoms in total. The van der Waals surface area contributed by atoms with Crippen molar-refractivity contribution < 1.29 is 19.7 Å². The number of aliphatic hydroxyl groups excluding tert-OH is 1. The lowest BCUT2D eigenvalue weighted by molar-refractivity contribution is 0.0303. The highest BCUT2D eigenvalue weighted by molar-refractivity contribution is 5.89. The van der Waals surface area contributed by atoms with Crippen molar-refractivity contribution in [3.8, 4) is 11.4 Å². The molecule has 2 aliphatic heterocycles. The van der Waals surface area contributed by atoms with Crippen LogP contribution in [0, 0.1) is 0 Å². The van der Waals surface area contributed by atoms with Crippen molar-refractivity contribution in [2.24, 2.45) is 0 Å². The van der Waals surface area contributed by atoms with Crippen LogP contribution in [0.15, 0.2) is 30.5 Å². The normalized spacial score (nSPS) is 26.3. The number of ether oxygens (including phenoxy) is 1. The fourth-order valence-electron chi connectivity index (χ4n) is 5.58. The van der Waals surface area contributed by atoms with Crippen molar-refractivity contribution in [3.63, 3.8) is 0 Å². The van der Waals surface area contributed by atoms with Crippen molar-refractivity contribution in [2.75, 3.05) is 29.9 Å². The van der Waals surface area contributed by atoms with Crippen LogP contribution in [0.5, 0.6) is 0 Å². The zero-order chi connectivity index (χ0) is 24.1. The summed E-state index contributed by atoms with van der Waals surface area (Å²) in [6, 6.07) is 7.46. The summed E-state index contributed by atoms with van der Waals surface area (Å²) in [5.41, 5.74) is 2.20. The number of hydrogen-bond acceptors (Lipinski definition) is 7. The molecule has 2 aromatic heterocycles. The van der Waals surface area contributed by atoms with Gasteiger partial charge in [0.25, 0.3) is 0 Å². The number of anilines is 2. The number of nitrogens with zero attached hydrogens (tertiary/aromatic N) is 6. The van der Waals surface area contributed by atoms with Crippen LogP contribution in [0.3, 0.4) is 0 Å². The Balaban J connectivity index is 1.43. The van der Waals surface area contributed by atoms with Crippen molar-refractivity contribution in [1.29, 1.82) is 0 Å². The lowest BCUT2D eigenvalue weighted by Crippen LogP contribution is -2.43. The van der Waals surface area contributed by atoms with Gasteiger partial charge in [-0.3, -0.25) is 4.90 Å². The van der Waals surface area contributed by atoms with E-state index in [9.17, 15) is 15.0 Å². The van der Waals surface area contributed by atoms with E-state index in [1.807, 2.05) is 23.0 Å². The van der Waals surface area contributed by atoms with Gasteiger partial charge in [0.2, 0.25) is 0 Å². The summed E-state index contributed by atoms with van der Waals surface area (Å²) in [5, 5.41) is 24.9. The van der Waals surface area contributed by atoms with Gasteiger partial charge >= 0.3 is 6.09 Å². The molecule has 35 heavy (non-hydrogen) atoms. The van der Waals surface area contributed by atoms with Crippen LogP contribution < -0.4 is 9.80 Å². The molecule has 1 aromatic carbocycles. The molecule has 184 valence electrons. The van der Waals surface area contributed by atoms with Crippen molar-refractivity contribution in [1.82, 2.24) is 19.7 Å². The Kier molecular flexibility index (Phi) is 5.57. The number of hydrogen-bond donors (Lipinski definition) is 2. The molecule has 3 aliphatic rings. The SMILES string of the molecule is CN(C(=O)O)c1ccc(-c2nc(N3CC4CCC(C3)O4)c3cnn(C4CCC(O)CC4)c3n2)cc1. The molecule has 2 N–H and O–H groups in total. The number of fused-ring (bicyclic) bond motifs is 3. The Bertz CT molecular complexity index is 1220. The highest BCUT2D eigenvalue weighted by Crippen LogP contribution is 2.36. The smallest absolute Gasteiger partial charge is 0.411 e. The van der Waals surface area contributed by atoms with Crippen LogP contribution in [-0.2, 0) is 4.74 Å². The molecular formula is C25H30N6O4. The number of rotatable bonds is 4. The molecule has 2 atom stereocenters. The lowest BCUT2D eigenvalue weighted by atomic mass is 9.93. The quantitative estimate of drug-likeness (QED) is 0.586. The fourth-order valence-corrected chi connectivity index (χ4v) is 5.58. The van der Waals surface area contributed by atoms with Crippen molar-refractivity contribution in [3.05, 3.63) is 30.5 Å². The Morgan fingerprint density at radius 2 is 1.71 bits per heavy atom. The minimum atomic E-state index is -1.01. The van der Waals surface area contributed by atoms with Gasteiger partial charge in [-0.25, -0.2) is 19.4 Å². The van der Waals surface area contributed by atoms with Gasteiger partial charge in [-0.1, -0.05) is 0 Å². The van der Waals surface area contributed by atoms with E-state index in [4.69, 9.17) is 19.8 Å². The molecule has 2 bridgehead atoms. The zero-order valence-electron chi connectivity index (χ0n) is 19.7. The molecule has 2 saturated heterocycles. The van der Waals surface area contributed by atoms with E-state index in [2.05, 4.69) is 4.90 Å². The van der Waals surface area contributed by atoms with Gasteiger partial charge < -0.3 is 19.8 Å². The fraction of sp³-hybridized carbons (Fsp3) is 0.520. The zero-order valence-corrected chi connectivity index (χ0v) is 19.7. The topological polar surface area (TPSA) is 117 Å². The molecule has 3 aromatic rings. The third-order valence-corrected chi connectivity index (χ3v) is 7.59. The predicted molar refractivity (Wildman–Crippen MR) is 131 cm³/mol. The monoisotopic (exact) mass is 478 g/mol. The number of benzene rings is 1. The Hall–Kier alpha value is -3.24. The number of aliphatic hydroxyl groups is 1. The second-order valence-corrected chi connectivity index (χ2v) is 9.91. The molecule has 6 rings (SSSR count). The van der Waals surface area contributed by atoms with Gasteiger partial charge in [-0.2, -0.15) is 5.10 Å². The molecule has 1 amide bonds. The number of aromatic nitrogens is 4. The van der Waals surface area contributed by atoms with Crippen LogP contribution >= 0.6 is 0 Å². The van der Waals surface area contributed by atoms with E-state index in [0.717, 1.165) is 74.0 Å². The second-order valence-electron chi connectivity index (χ2n) is 9.91. The van der Waals surface area contributed by atoms with Gasteiger partial charge in [0.15, 0.2) is 11.5 Å². The van der Waals surface area contributed by atoms with E-state index in [0.29, 0.717) is 11.5 Å². The van der Waals surface area contributed by atoms with Crippen LogP contribution in [0.1, 0.15) is 44.6 Å². The van der Waals surface area contributed by atoms with E-state index in [1.54, 1.807) is 12.1 Å². The summed E-state index contributed by atoms with van der Waals surface area (Å²) >= 11 is 0. The summed E-state index contributed by atoms with van der Waals surface area (Å²) < 4.78 is 8.07. The third kappa shape index (κ3) is 4.10. The minimum absolute atomic E-state index is 0.193. The molecule has 0 radical (unpaired) electrons. The molecule has 2 unspecified atom stereocenters. The number of morpholine rings is 1. The van der Waals surface area contributed by atoms with Gasteiger partial charge in [-0.05, 0) is 62.8 Å². The third-order valence-electron chi connectivity index (χ3n) is 7.59. The standard InChI is InChI=1S/C25H30N6O4/c1-29(25(33)34)16-4-2-15(3-5-16)22-27-23(30-13-19-10-11-20(14-30)35-19)21-12-26-31(24(21)28-22)17-6-8-18(32)9-7-17/h2-5,12,17-20,32H,6-11,13-14H2,1H3,(H,33,34). The van der Waals surface area contributed by atoms with Crippen molar-refractivity contribution >= 4 is 28.6 Å². The summed E-state index contributed by atoms with van der Waals surface area (Å²) in [4.78, 5) is 24.8. The van der Waals surface area contributed by atoms with Gasteiger partial charge in [0.05, 0.1) is 35.9 Å². The summed E-state index contributed by atoms with van der Waals surface area (Å²) in [7, 11) is 1.52. The largest absolute Gasteiger partial charge is 0.465 e. The van der Waals surface area contributed by atoms with Crippen LogP contribution in [0.25, 0.3) is 22.4 Å². The van der Waals surface area contributed by atoms with E-state index < -0.39 is 6.09 Å². The minimum Gasteiger partial charge on any atom is -0.465 e. The predicted octanol–water partition coefficient (Wildman–Crippen LogP) is 3.45. The molecule has 3 fully saturated rings. The van der Waals surface area contributed by atoms with Crippen LogP contribution in [-0.4, -0.2) is 74.5 Å². The second kappa shape index (κ2) is 8.76. The molecule has 4 heterocycles. The average Bonchev–Trinajstić information content (AvgIpc) is 3.45. The van der Waals surface area contributed by atoms with E-state index in [-0.39, 0.29) is 24.4 Å². The molecule has 1 aliphatic carbocycles.